The number of benzene rings is 3. The molecule has 0 radical (unpaired) electrons. The molecule has 150 valence electrons. The highest BCUT2D eigenvalue weighted by molar-refractivity contribution is 5.91. The predicted molar refractivity (Wildman–Crippen MR) is 119 cm³/mol. The van der Waals surface area contributed by atoms with E-state index >= 15 is 0 Å². The van der Waals surface area contributed by atoms with E-state index in [0.29, 0.717) is 18.7 Å². The Hall–Kier alpha value is -3.66. The highest BCUT2D eigenvalue weighted by atomic mass is 16.4. The lowest BCUT2D eigenvalue weighted by Crippen LogP contribution is -2.14. The Labute approximate surface area is 176 Å². The molecule has 1 aromatic heterocycles. The summed E-state index contributed by atoms with van der Waals surface area (Å²) in [7, 11) is 0. The van der Waals surface area contributed by atoms with Crippen molar-refractivity contribution < 1.29 is 9.21 Å². The first-order valence-corrected chi connectivity index (χ1v) is 10.1. The van der Waals surface area contributed by atoms with Crippen molar-refractivity contribution in [2.24, 2.45) is 0 Å². The molecule has 0 aliphatic heterocycles. The van der Waals surface area contributed by atoms with Crippen LogP contribution in [0.2, 0.25) is 0 Å². The molecule has 4 nitrogen and oxygen atoms in total. The number of aryl methyl sites for hydroxylation is 2. The Morgan fingerprint density at radius 3 is 2.47 bits per heavy atom. The van der Waals surface area contributed by atoms with E-state index in [1.54, 1.807) is 6.20 Å². The average molecular weight is 396 g/mol. The van der Waals surface area contributed by atoms with Crippen LogP contribution in [0, 0.1) is 6.92 Å². The molecular formula is C26H24N2O2. The number of aromatic nitrogens is 1. The first-order valence-electron chi connectivity index (χ1n) is 10.1. The molecule has 0 atom stereocenters. The molecule has 0 bridgehead atoms. The van der Waals surface area contributed by atoms with Crippen LogP contribution in [0.5, 0.6) is 0 Å². The van der Waals surface area contributed by atoms with Crippen LogP contribution < -0.4 is 5.32 Å². The summed E-state index contributed by atoms with van der Waals surface area (Å²) in [5, 5.41) is 3.04. The smallest absolute Gasteiger partial charge is 0.224 e. The largest absolute Gasteiger partial charge is 0.441 e. The zero-order valence-corrected chi connectivity index (χ0v) is 17.0. The summed E-state index contributed by atoms with van der Waals surface area (Å²) in [6.45, 7) is 2.05. The molecule has 0 spiro atoms. The van der Waals surface area contributed by atoms with Gasteiger partial charge >= 0.3 is 0 Å². The Balaban J connectivity index is 1.36. The number of hydrogen-bond donors (Lipinski definition) is 1. The Bertz CT molecular complexity index is 1120. The lowest BCUT2D eigenvalue weighted by molar-refractivity contribution is -0.116. The fraction of sp³-hybridized carbons (Fsp3) is 0.154. The molecule has 0 saturated heterocycles. The van der Waals surface area contributed by atoms with E-state index in [2.05, 4.69) is 22.4 Å². The van der Waals surface area contributed by atoms with Crippen molar-refractivity contribution in [2.45, 2.75) is 26.2 Å². The third-order valence-electron chi connectivity index (χ3n) is 4.98. The van der Waals surface area contributed by atoms with Gasteiger partial charge in [-0.1, -0.05) is 78.4 Å². The molecule has 0 fully saturated rings. The lowest BCUT2D eigenvalue weighted by atomic mass is 10.0. The van der Waals surface area contributed by atoms with Crippen molar-refractivity contribution in [2.75, 3.05) is 5.32 Å². The van der Waals surface area contributed by atoms with Gasteiger partial charge in [0.25, 0.3) is 0 Å². The van der Waals surface area contributed by atoms with Crippen molar-refractivity contribution in [1.29, 1.82) is 0 Å². The molecule has 0 saturated carbocycles. The lowest BCUT2D eigenvalue weighted by Gasteiger charge is -2.11. The minimum absolute atomic E-state index is 0.0504. The van der Waals surface area contributed by atoms with Crippen LogP contribution in [0.15, 0.2) is 89.5 Å². The molecule has 30 heavy (non-hydrogen) atoms. The van der Waals surface area contributed by atoms with Gasteiger partial charge in [-0.15, -0.1) is 0 Å². The van der Waals surface area contributed by atoms with Crippen LogP contribution in [-0.4, -0.2) is 10.9 Å². The van der Waals surface area contributed by atoms with Crippen LogP contribution in [-0.2, 0) is 17.6 Å². The minimum atomic E-state index is -0.0504. The standard InChI is InChI=1S/C26H24N2O2/c1-19-11-13-21(14-12-19)24-18-27-26(30-24)16-15-25(29)28-23-10-6-5-9-22(23)17-20-7-3-2-4-8-20/h2-14,18H,15-17H2,1H3,(H,28,29). The van der Waals surface area contributed by atoms with E-state index in [0.717, 1.165) is 29.0 Å². The Morgan fingerprint density at radius 2 is 1.67 bits per heavy atom. The van der Waals surface area contributed by atoms with Crippen LogP contribution in [0.25, 0.3) is 11.3 Å². The van der Waals surface area contributed by atoms with Gasteiger partial charge in [-0.25, -0.2) is 4.98 Å². The molecule has 0 aliphatic rings. The van der Waals surface area contributed by atoms with E-state index in [4.69, 9.17) is 4.42 Å². The summed E-state index contributed by atoms with van der Waals surface area (Å²) in [6.07, 6.45) is 3.26. The molecule has 1 heterocycles. The molecule has 3 aromatic carbocycles. The van der Waals surface area contributed by atoms with Crippen molar-refractivity contribution in [1.82, 2.24) is 4.98 Å². The highest BCUT2D eigenvalue weighted by Gasteiger charge is 2.11. The van der Waals surface area contributed by atoms with Crippen LogP contribution in [0.3, 0.4) is 0 Å². The third-order valence-corrected chi connectivity index (χ3v) is 4.98. The van der Waals surface area contributed by atoms with Crippen LogP contribution in [0.1, 0.15) is 29.0 Å². The number of anilines is 1. The maximum Gasteiger partial charge on any atom is 0.224 e. The van der Waals surface area contributed by atoms with Gasteiger partial charge in [-0.3, -0.25) is 4.79 Å². The number of carbonyl (C=O) groups is 1. The first kappa shape index (κ1) is 19.6. The number of para-hydroxylation sites is 1. The average Bonchev–Trinajstić information content (AvgIpc) is 3.24. The van der Waals surface area contributed by atoms with E-state index in [-0.39, 0.29) is 5.91 Å². The molecule has 4 aromatic rings. The second-order valence-electron chi connectivity index (χ2n) is 7.35. The van der Waals surface area contributed by atoms with Crippen LogP contribution in [0.4, 0.5) is 5.69 Å². The third kappa shape index (κ3) is 5.03. The monoisotopic (exact) mass is 396 g/mol. The summed E-state index contributed by atoms with van der Waals surface area (Å²) >= 11 is 0. The van der Waals surface area contributed by atoms with Gasteiger partial charge < -0.3 is 9.73 Å². The number of rotatable bonds is 7. The van der Waals surface area contributed by atoms with E-state index in [1.165, 1.54) is 11.1 Å². The maximum absolute atomic E-state index is 12.5. The summed E-state index contributed by atoms with van der Waals surface area (Å²) < 4.78 is 5.82. The number of nitrogens with zero attached hydrogens (tertiary/aromatic N) is 1. The maximum atomic E-state index is 12.5. The molecule has 4 heteroatoms. The second kappa shape index (κ2) is 9.23. The van der Waals surface area contributed by atoms with Gasteiger partial charge in [0.15, 0.2) is 11.7 Å². The van der Waals surface area contributed by atoms with E-state index in [9.17, 15) is 4.79 Å². The number of amides is 1. The normalized spacial score (nSPS) is 10.7. The zero-order valence-electron chi connectivity index (χ0n) is 17.0. The van der Waals surface area contributed by atoms with E-state index < -0.39 is 0 Å². The van der Waals surface area contributed by atoms with Crippen LogP contribution >= 0.6 is 0 Å². The van der Waals surface area contributed by atoms with Gasteiger partial charge in [-0.2, -0.15) is 0 Å². The molecule has 1 amide bonds. The molecular weight excluding hydrogens is 372 g/mol. The number of nitrogens with one attached hydrogen (secondary N) is 1. The summed E-state index contributed by atoms with van der Waals surface area (Å²) in [6, 6.07) is 26.3. The van der Waals surface area contributed by atoms with Crippen molar-refractivity contribution >= 4 is 11.6 Å². The zero-order chi connectivity index (χ0) is 20.8. The number of carbonyl (C=O) groups excluding carboxylic acids is 1. The number of hydrogen-bond acceptors (Lipinski definition) is 3. The summed E-state index contributed by atoms with van der Waals surface area (Å²) in [5.41, 5.74) is 5.33. The Morgan fingerprint density at radius 1 is 0.933 bits per heavy atom. The van der Waals surface area contributed by atoms with Crippen molar-refractivity contribution in [3.05, 3.63) is 108 Å². The highest BCUT2D eigenvalue weighted by Crippen LogP contribution is 2.22. The van der Waals surface area contributed by atoms with E-state index in [1.807, 2.05) is 73.7 Å². The van der Waals surface area contributed by atoms with Crippen molar-refractivity contribution in [3.63, 3.8) is 0 Å². The SMILES string of the molecule is Cc1ccc(-c2cnc(CCC(=O)Nc3ccccc3Cc3ccccc3)o2)cc1. The molecule has 0 unspecified atom stereocenters. The quantitative estimate of drug-likeness (QED) is 0.429. The second-order valence-corrected chi connectivity index (χ2v) is 7.35. The Kier molecular flexibility index (Phi) is 6.04. The van der Waals surface area contributed by atoms with Gasteiger partial charge in [-0.05, 0) is 30.5 Å². The molecule has 1 N–H and O–H groups in total. The molecule has 4 rings (SSSR count). The van der Waals surface area contributed by atoms with Gasteiger partial charge in [0, 0.05) is 24.1 Å². The fourth-order valence-electron chi connectivity index (χ4n) is 3.32. The number of oxazole rings is 1. The molecule has 0 aliphatic carbocycles. The summed E-state index contributed by atoms with van der Waals surface area (Å²) in [4.78, 5) is 16.8. The van der Waals surface area contributed by atoms with Gasteiger partial charge in [0.1, 0.15) is 0 Å². The first-order chi connectivity index (χ1) is 14.7. The summed E-state index contributed by atoms with van der Waals surface area (Å²) in [5.74, 6) is 1.24. The predicted octanol–water partition coefficient (Wildman–Crippen LogP) is 5.81. The minimum Gasteiger partial charge on any atom is -0.441 e. The van der Waals surface area contributed by atoms with Gasteiger partial charge in [0.05, 0.1) is 6.20 Å². The fourth-order valence-corrected chi connectivity index (χ4v) is 3.32. The van der Waals surface area contributed by atoms with Crippen molar-refractivity contribution in [3.8, 4) is 11.3 Å². The van der Waals surface area contributed by atoms with Gasteiger partial charge in [0.2, 0.25) is 5.91 Å². The topological polar surface area (TPSA) is 55.1 Å².